The number of anilines is 2. The quantitative estimate of drug-likeness (QED) is 0.609. The molecule has 2 rings (SSSR count). The minimum absolute atomic E-state index is 0.160. The molecule has 1 aromatic rings. The molecule has 1 saturated heterocycles. The van der Waals surface area contributed by atoms with Gasteiger partial charge in [0.15, 0.2) is 0 Å². The number of nitrogens with two attached hydrogens (primary N) is 1. The standard InChI is InChI=1S/C10H15ClN4O2S/c1-6-10(5-13-14-6)18(16,17)15-7-2-3-9(12)8(11)4-7/h2-4,6,10,13-15H,5,12H2,1H3. The summed E-state index contributed by atoms with van der Waals surface area (Å²) in [4.78, 5) is 0. The highest BCUT2D eigenvalue weighted by Gasteiger charge is 2.34. The van der Waals surface area contributed by atoms with Crippen LogP contribution in [-0.4, -0.2) is 26.3 Å². The minimum Gasteiger partial charge on any atom is -0.398 e. The third-order valence-corrected chi connectivity index (χ3v) is 5.07. The fourth-order valence-corrected chi connectivity index (χ4v) is 3.49. The van der Waals surface area contributed by atoms with E-state index in [9.17, 15) is 8.42 Å². The zero-order valence-corrected chi connectivity index (χ0v) is 11.3. The molecular formula is C10H15ClN4O2S. The molecule has 0 spiro atoms. The second-order valence-electron chi connectivity index (χ2n) is 4.24. The first kappa shape index (κ1) is 13.4. The van der Waals surface area contributed by atoms with E-state index < -0.39 is 15.3 Å². The third-order valence-electron chi connectivity index (χ3n) is 2.85. The van der Waals surface area contributed by atoms with Crippen molar-refractivity contribution in [2.75, 3.05) is 17.0 Å². The van der Waals surface area contributed by atoms with Crippen molar-refractivity contribution in [3.05, 3.63) is 23.2 Å². The van der Waals surface area contributed by atoms with E-state index in [1.54, 1.807) is 19.1 Å². The summed E-state index contributed by atoms with van der Waals surface area (Å²) in [5.74, 6) is 0. The molecule has 18 heavy (non-hydrogen) atoms. The number of sulfonamides is 1. The maximum atomic E-state index is 12.1. The van der Waals surface area contributed by atoms with Crippen molar-refractivity contribution in [1.29, 1.82) is 0 Å². The fourth-order valence-electron chi connectivity index (χ4n) is 1.80. The van der Waals surface area contributed by atoms with Crippen LogP contribution in [0.4, 0.5) is 11.4 Å². The van der Waals surface area contributed by atoms with E-state index in [0.717, 1.165) is 0 Å². The van der Waals surface area contributed by atoms with Crippen molar-refractivity contribution < 1.29 is 8.42 Å². The second kappa shape index (κ2) is 4.93. The van der Waals surface area contributed by atoms with E-state index in [4.69, 9.17) is 17.3 Å². The number of halogens is 1. The molecule has 100 valence electrons. The Morgan fingerprint density at radius 1 is 1.50 bits per heavy atom. The highest BCUT2D eigenvalue weighted by Crippen LogP contribution is 2.24. The van der Waals surface area contributed by atoms with Gasteiger partial charge < -0.3 is 5.73 Å². The largest absolute Gasteiger partial charge is 0.398 e. The van der Waals surface area contributed by atoms with Gasteiger partial charge in [0.25, 0.3) is 0 Å². The molecule has 1 aliphatic rings. The van der Waals surface area contributed by atoms with Crippen LogP contribution in [0.15, 0.2) is 18.2 Å². The number of hydrazine groups is 1. The van der Waals surface area contributed by atoms with Crippen molar-refractivity contribution in [3.8, 4) is 0 Å². The summed E-state index contributed by atoms with van der Waals surface area (Å²) in [5, 5.41) is -0.209. The molecule has 5 N–H and O–H groups in total. The summed E-state index contributed by atoms with van der Waals surface area (Å²) >= 11 is 5.85. The smallest absolute Gasteiger partial charge is 0.238 e. The Balaban J connectivity index is 2.19. The van der Waals surface area contributed by atoms with Crippen LogP contribution >= 0.6 is 11.6 Å². The van der Waals surface area contributed by atoms with Crippen LogP contribution in [0.5, 0.6) is 0 Å². The SMILES string of the molecule is CC1NNCC1S(=O)(=O)Nc1ccc(N)c(Cl)c1. The van der Waals surface area contributed by atoms with Gasteiger partial charge in [0.1, 0.15) is 5.25 Å². The van der Waals surface area contributed by atoms with Crippen LogP contribution in [0, 0.1) is 0 Å². The van der Waals surface area contributed by atoms with E-state index >= 15 is 0 Å². The molecule has 0 radical (unpaired) electrons. The summed E-state index contributed by atoms with van der Waals surface area (Å²) in [6.07, 6.45) is 0. The van der Waals surface area contributed by atoms with Crippen molar-refractivity contribution in [3.63, 3.8) is 0 Å². The Bertz CT molecular complexity index is 549. The van der Waals surface area contributed by atoms with Gasteiger partial charge in [-0.1, -0.05) is 11.6 Å². The summed E-state index contributed by atoms with van der Waals surface area (Å²) in [6, 6.07) is 4.48. The molecule has 1 aromatic carbocycles. The van der Waals surface area contributed by atoms with Gasteiger partial charge in [0, 0.05) is 12.6 Å². The molecule has 2 unspecified atom stereocenters. The average Bonchev–Trinajstić information content (AvgIpc) is 2.70. The maximum Gasteiger partial charge on any atom is 0.238 e. The van der Waals surface area contributed by atoms with Gasteiger partial charge in [-0.2, -0.15) is 0 Å². The number of nitrogens with one attached hydrogen (secondary N) is 3. The molecule has 1 heterocycles. The monoisotopic (exact) mass is 290 g/mol. The number of hydrogen-bond acceptors (Lipinski definition) is 5. The lowest BCUT2D eigenvalue weighted by Crippen LogP contribution is -2.38. The number of nitrogen functional groups attached to an aromatic ring is 1. The van der Waals surface area contributed by atoms with Crippen LogP contribution in [0.2, 0.25) is 5.02 Å². The lowest BCUT2D eigenvalue weighted by atomic mass is 10.3. The molecule has 8 heteroatoms. The highest BCUT2D eigenvalue weighted by molar-refractivity contribution is 7.93. The van der Waals surface area contributed by atoms with E-state index in [1.165, 1.54) is 6.07 Å². The molecule has 0 aromatic heterocycles. The molecule has 6 nitrogen and oxygen atoms in total. The van der Waals surface area contributed by atoms with Gasteiger partial charge in [-0.15, -0.1) is 0 Å². The van der Waals surface area contributed by atoms with Crippen LogP contribution in [0.1, 0.15) is 6.92 Å². The van der Waals surface area contributed by atoms with Crippen LogP contribution in [-0.2, 0) is 10.0 Å². The second-order valence-corrected chi connectivity index (χ2v) is 6.54. The van der Waals surface area contributed by atoms with E-state index in [2.05, 4.69) is 15.6 Å². The van der Waals surface area contributed by atoms with Crippen molar-refractivity contribution in [2.24, 2.45) is 0 Å². The first-order chi connectivity index (χ1) is 8.40. The summed E-state index contributed by atoms with van der Waals surface area (Å²) in [5.41, 5.74) is 12.1. The maximum absolute atomic E-state index is 12.1. The molecule has 0 aliphatic carbocycles. The van der Waals surface area contributed by atoms with Crippen LogP contribution < -0.4 is 21.3 Å². The van der Waals surface area contributed by atoms with E-state index in [-0.39, 0.29) is 6.04 Å². The molecule has 0 saturated carbocycles. The van der Waals surface area contributed by atoms with Crippen molar-refractivity contribution in [2.45, 2.75) is 18.2 Å². The Hall–Kier alpha value is -1.02. The van der Waals surface area contributed by atoms with Crippen molar-refractivity contribution in [1.82, 2.24) is 10.9 Å². The number of hydrogen-bond donors (Lipinski definition) is 4. The Kier molecular flexibility index (Phi) is 3.67. The van der Waals surface area contributed by atoms with E-state index in [0.29, 0.717) is 22.9 Å². The number of rotatable bonds is 3. The van der Waals surface area contributed by atoms with Gasteiger partial charge in [-0.3, -0.25) is 15.6 Å². The summed E-state index contributed by atoms with van der Waals surface area (Å²) < 4.78 is 26.8. The van der Waals surface area contributed by atoms with Gasteiger partial charge in [0.05, 0.1) is 16.4 Å². The normalized spacial score (nSPS) is 24.1. The van der Waals surface area contributed by atoms with Gasteiger partial charge in [0.2, 0.25) is 10.0 Å². The van der Waals surface area contributed by atoms with Gasteiger partial charge >= 0.3 is 0 Å². The zero-order chi connectivity index (χ0) is 13.3. The van der Waals surface area contributed by atoms with Crippen LogP contribution in [0.25, 0.3) is 0 Å². The van der Waals surface area contributed by atoms with Gasteiger partial charge in [-0.05, 0) is 25.1 Å². The molecule has 0 amide bonds. The molecule has 1 fully saturated rings. The molecule has 2 atom stereocenters. The number of benzene rings is 1. The molecule has 1 aliphatic heterocycles. The third kappa shape index (κ3) is 2.69. The Labute approximate surface area is 111 Å². The first-order valence-corrected chi connectivity index (χ1v) is 7.37. The Morgan fingerprint density at radius 2 is 2.22 bits per heavy atom. The zero-order valence-electron chi connectivity index (χ0n) is 9.77. The predicted octanol–water partition coefficient (Wildman–Crippen LogP) is 0.529. The molecular weight excluding hydrogens is 276 g/mol. The molecule has 0 bridgehead atoms. The lowest BCUT2D eigenvalue weighted by molar-refractivity contribution is 0.565. The first-order valence-electron chi connectivity index (χ1n) is 5.45. The fraction of sp³-hybridized carbons (Fsp3) is 0.400. The predicted molar refractivity (Wildman–Crippen MR) is 72.8 cm³/mol. The lowest BCUT2D eigenvalue weighted by Gasteiger charge is -2.16. The van der Waals surface area contributed by atoms with Crippen LogP contribution in [0.3, 0.4) is 0 Å². The highest BCUT2D eigenvalue weighted by atomic mass is 35.5. The summed E-state index contributed by atoms with van der Waals surface area (Å²) in [7, 11) is -3.47. The van der Waals surface area contributed by atoms with Crippen molar-refractivity contribution >= 4 is 33.0 Å². The topological polar surface area (TPSA) is 96.2 Å². The summed E-state index contributed by atoms with van der Waals surface area (Å²) in [6.45, 7) is 2.17. The Morgan fingerprint density at radius 3 is 2.78 bits per heavy atom. The van der Waals surface area contributed by atoms with E-state index in [1.807, 2.05) is 0 Å². The average molecular weight is 291 g/mol. The minimum atomic E-state index is -3.47. The van der Waals surface area contributed by atoms with Gasteiger partial charge in [-0.25, -0.2) is 8.42 Å².